The lowest BCUT2D eigenvalue weighted by molar-refractivity contribution is 0.197. The van der Waals surface area contributed by atoms with E-state index in [2.05, 4.69) is 0 Å². The van der Waals surface area contributed by atoms with Crippen molar-refractivity contribution in [2.24, 2.45) is 0 Å². The van der Waals surface area contributed by atoms with E-state index < -0.39 is 6.10 Å². The maximum atomic E-state index is 9.03. The molecule has 9 heavy (non-hydrogen) atoms. The highest BCUT2D eigenvalue weighted by molar-refractivity contribution is 5.17. The SMILES string of the molecule is Cc1occc1[C@@H](C)O. The van der Waals surface area contributed by atoms with Crippen LogP contribution in [-0.4, -0.2) is 5.11 Å². The van der Waals surface area contributed by atoms with Crippen LogP contribution in [0.25, 0.3) is 0 Å². The number of rotatable bonds is 1. The summed E-state index contributed by atoms with van der Waals surface area (Å²) in [6.07, 6.45) is 1.17. The fourth-order valence-electron chi connectivity index (χ4n) is 0.828. The van der Waals surface area contributed by atoms with Gasteiger partial charge in [0.05, 0.1) is 12.4 Å². The molecular weight excluding hydrogens is 116 g/mol. The zero-order valence-corrected chi connectivity index (χ0v) is 5.59. The standard InChI is InChI=1S/C7H10O2/c1-5(8)7-3-4-9-6(7)2/h3-5,8H,1-2H3/t5-/m1/s1. The van der Waals surface area contributed by atoms with Crippen LogP contribution in [0.4, 0.5) is 0 Å². The maximum Gasteiger partial charge on any atom is 0.106 e. The summed E-state index contributed by atoms with van der Waals surface area (Å²) in [4.78, 5) is 0. The highest BCUT2D eigenvalue weighted by Gasteiger charge is 2.05. The molecule has 1 aromatic heterocycles. The predicted octanol–water partition coefficient (Wildman–Crippen LogP) is 1.64. The third-order valence-electron chi connectivity index (χ3n) is 1.35. The zero-order chi connectivity index (χ0) is 6.85. The van der Waals surface area contributed by atoms with Crippen molar-refractivity contribution in [2.75, 3.05) is 0 Å². The summed E-state index contributed by atoms with van der Waals surface area (Å²) >= 11 is 0. The van der Waals surface area contributed by atoms with Crippen LogP contribution in [0.2, 0.25) is 0 Å². The highest BCUT2D eigenvalue weighted by atomic mass is 16.3. The summed E-state index contributed by atoms with van der Waals surface area (Å²) in [7, 11) is 0. The van der Waals surface area contributed by atoms with Gasteiger partial charge in [0, 0.05) is 5.56 Å². The molecule has 0 saturated heterocycles. The average molecular weight is 126 g/mol. The molecule has 1 aromatic rings. The first kappa shape index (κ1) is 6.36. The van der Waals surface area contributed by atoms with Gasteiger partial charge in [-0.05, 0) is 19.9 Å². The van der Waals surface area contributed by atoms with E-state index in [0.717, 1.165) is 11.3 Å². The molecule has 2 heteroatoms. The van der Waals surface area contributed by atoms with Crippen molar-refractivity contribution >= 4 is 0 Å². The average Bonchev–Trinajstić information content (AvgIpc) is 2.13. The monoisotopic (exact) mass is 126 g/mol. The Morgan fingerprint density at radius 2 is 2.33 bits per heavy atom. The van der Waals surface area contributed by atoms with E-state index in [9.17, 15) is 0 Å². The third-order valence-corrected chi connectivity index (χ3v) is 1.35. The van der Waals surface area contributed by atoms with Crippen LogP contribution in [0.15, 0.2) is 16.7 Å². The van der Waals surface area contributed by atoms with Gasteiger partial charge in [-0.2, -0.15) is 0 Å². The van der Waals surface area contributed by atoms with Gasteiger partial charge in [0.25, 0.3) is 0 Å². The molecule has 0 fully saturated rings. The molecule has 0 aliphatic rings. The van der Waals surface area contributed by atoms with Crippen LogP contribution in [-0.2, 0) is 0 Å². The van der Waals surface area contributed by atoms with Crippen molar-refractivity contribution in [3.63, 3.8) is 0 Å². The number of aryl methyl sites for hydroxylation is 1. The van der Waals surface area contributed by atoms with Gasteiger partial charge in [-0.3, -0.25) is 0 Å². The minimum atomic E-state index is -0.413. The molecular formula is C7H10O2. The molecule has 1 atom stereocenters. The summed E-state index contributed by atoms with van der Waals surface area (Å²) in [6, 6.07) is 1.78. The molecule has 2 nitrogen and oxygen atoms in total. The van der Waals surface area contributed by atoms with Crippen LogP contribution in [0, 0.1) is 6.92 Å². The lowest BCUT2D eigenvalue weighted by Gasteiger charge is -1.98. The Morgan fingerprint density at radius 3 is 2.56 bits per heavy atom. The second kappa shape index (κ2) is 2.23. The largest absolute Gasteiger partial charge is 0.469 e. The molecule has 1 N–H and O–H groups in total. The highest BCUT2D eigenvalue weighted by Crippen LogP contribution is 2.16. The smallest absolute Gasteiger partial charge is 0.106 e. The van der Waals surface area contributed by atoms with Gasteiger partial charge in [0.1, 0.15) is 5.76 Å². The summed E-state index contributed by atoms with van der Waals surface area (Å²) < 4.78 is 4.97. The Morgan fingerprint density at radius 1 is 1.67 bits per heavy atom. The zero-order valence-electron chi connectivity index (χ0n) is 5.59. The normalized spacial score (nSPS) is 13.7. The first-order valence-corrected chi connectivity index (χ1v) is 2.94. The Balaban J connectivity index is 2.94. The van der Waals surface area contributed by atoms with Crippen molar-refractivity contribution in [2.45, 2.75) is 20.0 Å². The number of hydrogen-bond acceptors (Lipinski definition) is 2. The Hall–Kier alpha value is -0.760. The second-order valence-electron chi connectivity index (χ2n) is 2.11. The lowest BCUT2D eigenvalue weighted by Crippen LogP contribution is -1.89. The quantitative estimate of drug-likeness (QED) is 0.620. The number of furan rings is 1. The molecule has 0 saturated carbocycles. The summed E-state index contributed by atoms with van der Waals surface area (Å²) in [5.41, 5.74) is 0.870. The van der Waals surface area contributed by atoms with E-state index in [1.54, 1.807) is 19.3 Å². The van der Waals surface area contributed by atoms with Crippen molar-refractivity contribution < 1.29 is 9.52 Å². The van der Waals surface area contributed by atoms with Gasteiger partial charge < -0.3 is 9.52 Å². The lowest BCUT2D eigenvalue weighted by atomic mass is 10.2. The van der Waals surface area contributed by atoms with Gasteiger partial charge in [-0.1, -0.05) is 0 Å². The van der Waals surface area contributed by atoms with E-state index in [1.165, 1.54) is 0 Å². The molecule has 0 amide bonds. The second-order valence-corrected chi connectivity index (χ2v) is 2.11. The van der Waals surface area contributed by atoms with Crippen LogP contribution in [0.3, 0.4) is 0 Å². The summed E-state index contributed by atoms with van der Waals surface area (Å²) in [5.74, 6) is 0.796. The number of aliphatic hydroxyl groups is 1. The third kappa shape index (κ3) is 1.13. The molecule has 0 aliphatic carbocycles. The van der Waals surface area contributed by atoms with E-state index in [-0.39, 0.29) is 0 Å². The minimum Gasteiger partial charge on any atom is -0.469 e. The Labute approximate surface area is 54.1 Å². The van der Waals surface area contributed by atoms with Gasteiger partial charge >= 0.3 is 0 Å². The molecule has 0 spiro atoms. The molecule has 1 rings (SSSR count). The van der Waals surface area contributed by atoms with Crippen LogP contribution in [0.1, 0.15) is 24.4 Å². The number of hydrogen-bond donors (Lipinski definition) is 1. The fraction of sp³-hybridized carbons (Fsp3) is 0.429. The van der Waals surface area contributed by atoms with Crippen molar-refractivity contribution in [3.05, 3.63) is 23.7 Å². The van der Waals surface area contributed by atoms with E-state index in [4.69, 9.17) is 9.52 Å². The molecule has 0 aromatic carbocycles. The van der Waals surface area contributed by atoms with Gasteiger partial charge in [0.2, 0.25) is 0 Å². The Bertz CT molecular complexity index is 189. The van der Waals surface area contributed by atoms with Crippen LogP contribution < -0.4 is 0 Å². The van der Waals surface area contributed by atoms with Gasteiger partial charge in [-0.25, -0.2) is 0 Å². The van der Waals surface area contributed by atoms with Crippen LogP contribution >= 0.6 is 0 Å². The van der Waals surface area contributed by atoms with E-state index in [1.807, 2.05) is 6.92 Å². The van der Waals surface area contributed by atoms with Crippen molar-refractivity contribution in [1.82, 2.24) is 0 Å². The molecule has 50 valence electrons. The fourth-order valence-corrected chi connectivity index (χ4v) is 0.828. The van der Waals surface area contributed by atoms with Crippen molar-refractivity contribution in [3.8, 4) is 0 Å². The molecule has 1 heterocycles. The van der Waals surface area contributed by atoms with E-state index in [0.29, 0.717) is 0 Å². The molecule has 0 bridgehead atoms. The van der Waals surface area contributed by atoms with Gasteiger partial charge in [0.15, 0.2) is 0 Å². The summed E-state index contributed by atoms with van der Waals surface area (Å²) in [5, 5.41) is 9.03. The predicted molar refractivity (Wildman–Crippen MR) is 34.1 cm³/mol. The first-order chi connectivity index (χ1) is 4.22. The molecule has 0 unspecified atom stereocenters. The minimum absolute atomic E-state index is 0.413. The van der Waals surface area contributed by atoms with E-state index >= 15 is 0 Å². The molecule has 0 radical (unpaired) electrons. The van der Waals surface area contributed by atoms with Crippen LogP contribution in [0.5, 0.6) is 0 Å². The topological polar surface area (TPSA) is 33.4 Å². The molecule has 0 aliphatic heterocycles. The van der Waals surface area contributed by atoms with Crippen molar-refractivity contribution in [1.29, 1.82) is 0 Å². The van der Waals surface area contributed by atoms with Gasteiger partial charge in [-0.15, -0.1) is 0 Å². The first-order valence-electron chi connectivity index (χ1n) is 2.94. The maximum absolute atomic E-state index is 9.03. The Kier molecular flexibility index (Phi) is 1.58. The number of aliphatic hydroxyl groups excluding tert-OH is 1. The summed E-state index contributed by atoms with van der Waals surface area (Å²) in [6.45, 7) is 3.56.